The Morgan fingerprint density at radius 2 is 1.41 bits per heavy atom. The molecule has 0 spiro atoms. The van der Waals surface area contributed by atoms with Gasteiger partial charge in [-0.05, 0) is 47.0 Å². The second kappa shape index (κ2) is 11.1. The van der Waals surface area contributed by atoms with Gasteiger partial charge in [-0.2, -0.15) is 0 Å². The molecule has 5 rings (SSSR count). The van der Waals surface area contributed by atoms with Gasteiger partial charge in [-0.25, -0.2) is 0 Å². The molecule has 1 heterocycles. The number of fused-ring (bicyclic) bond motifs is 1. The lowest BCUT2D eigenvalue weighted by Crippen LogP contribution is -2.28. The van der Waals surface area contributed by atoms with Gasteiger partial charge in [-0.1, -0.05) is 90.5 Å². The summed E-state index contributed by atoms with van der Waals surface area (Å²) in [5.74, 6) is 0.415. The van der Waals surface area contributed by atoms with Crippen LogP contribution in [0.25, 0.3) is 28.4 Å². The van der Waals surface area contributed by atoms with E-state index in [9.17, 15) is 9.59 Å². The average molecular weight is 506 g/mol. The van der Waals surface area contributed by atoms with Crippen LogP contribution in [0.5, 0.6) is 0 Å². The third-order valence-electron chi connectivity index (χ3n) is 6.06. The minimum Gasteiger partial charge on any atom is -0.456 e. The van der Waals surface area contributed by atoms with Crippen LogP contribution in [-0.4, -0.2) is 10.8 Å². The molecule has 0 N–H and O–H groups in total. The van der Waals surface area contributed by atoms with Gasteiger partial charge >= 0.3 is 0 Å². The molecule has 4 nitrogen and oxygen atoms in total. The van der Waals surface area contributed by atoms with E-state index in [2.05, 4.69) is 0 Å². The second-order valence-corrected chi connectivity index (χ2v) is 9.17. The standard InChI is InChI=1S/C32H24ClNO3/c33-27-17-12-25(13-18-27)22-34(32(36)19-14-23-6-2-1-3-7-23)21-24-10-15-26(16-11-24)31-20-29(35)28-8-4-5-9-30(28)37-31/h1-20H,21-22H2/b19-14+. The highest BCUT2D eigenvalue weighted by atomic mass is 35.5. The number of para-hydroxylation sites is 1. The highest BCUT2D eigenvalue weighted by molar-refractivity contribution is 6.30. The lowest BCUT2D eigenvalue weighted by atomic mass is 10.1. The van der Waals surface area contributed by atoms with E-state index in [1.165, 1.54) is 6.07 Å². The average Bonchev–Trinajstić information content (AvgIpc) is 2.93. The SMILES string of the molecule is O=C(/C=C/c1ccccc1)N(Cc1ccc(Cl)cc1)Cc1ccc(-c2cc(=O)c3ccccc3o2)cc1. The van der Waals surface area contributed by atoms with Crippen molar-refractivity contribution in [1.82, 2.24) is 4.90 Å². The number of hydrogen-bond donors (Lipinski definition) is 0. The van der Waals surface area contributed by atoms with Crippen molar-refractivity contribution in [2.45, 2.75) is 13.1 Å². The summed E-state index contributed by atoms with van der Waals surface area (Å²) in [6, 6.07) is 33.7. The zero-order valence-electron chi connectivity index (χ0n) is 20.0. The molecule has 0 saturated heterocycles. The summed E-state index contributed by atoms with van der Waals surface area (Å²) in [6.45, 7) is 0.860. The van der Waals surface area contributed by atoms with Crippen LogP contribution < -0.4 is 5.43 Å². The molecule has 0 aliphatic carbocycles. The van der Waals surface area contributed by atoms with Crippen LogP contribution in [0.4, 0.5) is 0 Å². The van der Waals surface area contributed by atoms with Gasteiger partial charge in [0.15, 0.2) is 5.43 Å². The number of rotatable bonds is 7. The van der Waals surface area contributed by atoms with E-state index in [0.29, 0.717) is 34.8 Å². The van der Waals surface area contributed by atoms with E-state index < -0.39 is 0 Å². The van der Waals surface area contributed by atoms with Crippen molar-refractivity contribution in [3.8, 4) is 11.3 Å². The van der Waals surface area contributed by atoms with Gasteiger partial charge in [-0.3, -0.25) is 9.59 Å². The van der Waals surface area contributed by atoms with Crippen molar-refractivity contribution in [2.75, 3.05) is 0 Å². The van der Waals surface area contributed by atoms with E-state index in [1.54, 1.807) is 23.1 Å². The molecule has 0 unspecified atom stereocenters. The van der Waals surface area contributed by atoms with Crippen molar-refractivity contribution in [2.24, 2.45) is 0 Å². The second-order valence-electron chi connectivity index (χ2n) is 8.73. The normalized spacial score (nSPS) is 11.2. The molecule has 0 fully saturated rings. The van der Waals surface area contributed by atoms with Crippen LogP contribution in [0, 0.1) is 0 Å². The van der Waals surface area contributed by atoms with Gasteiger partial charge in [0.2, 0.25) is 5.91 Å². The number of amides is 1. The quantitative estimate of drug-likeness (QED) is 0.217. The summed E-state index contributed by atoms with van der Waals surface area (Å²) >= 11 is 6.05. The third-order valence-corrected chi connectivity index (χ3v) is 6.31. The molecule has 4 aromatic carbocycles. The number of carbonyl (C=O) groups excluding carboxylic acids is 1. The fraction of sp³-hybridized carbons (Fsp3) is 0.0625. The monoisotopic (exact) mass is 505 g/mol. The van der Waals surface area contributed by atoms with Gasteiger partial charge in [0, 0.05) is 35.8 Å². The zero-order chi connectivity index (χ0) is 25.6. The molecule has 37 heavy (non-hydrogen) atoms. The molecular weight excluding hydrogens is 482 g/mol. The lowest BCUT2D eigenvalue weighted by molar-refractivity contribution is -0.127. The van der Waals surface area contributed by atoms with Crippen LogP contribution in [0.2, 0.25) is 5.02 Å². The first-order chi connectivity index (χ1) is 18.0. The summed E-state index contributed by atoms with van der Waals surface area (Å²) in [7, 11) is 0. The predicted molar refractivity (Wildman–Crippen MR) is 149 cm³/mol. The minimum atomic E-state index is -0.0941. The first-order valence-corrected chi connectivity index (χ1v) is 12.3. The fourth-order valence-corrected chi connectivity index (χ4v) is 4.23. The Morgan fingerprint density at radius 3 is 2.11 bits per heavy atom. The molecule has 0 aliphatic rings. The molecule has 5 heteroatoms. The molecule has 0 radical (unpaired) electrons. The van der Waals surface area contributed by atoms with Crippen LogP contribution in [0.3, 0.4) is 0 Å². The van der Waals surface area contributed by atoms with Crippen LogP contribution in [0.15, 0.2) is 124 Å². The molecular formula is C32H24ClNO3. The largest absolute Gasteiger partial charge is 0.456 e. The Bertz CT molecular complexity index is 1600. The molecule has 0 bridgehead atoms. The summed E-state index contributed by atoms with van der Waals surface area (Å²) < 4.78 is 5.97. The zero-order valence-corrected chi connectivity index (χ0v) is 20.8. The number of benzene rings is 4. The van der Waals surface area contributed by atoms with Crippen molar-refractivity contribution < 1.29 is 9.21 Å². The van der Waals surface area contributed by atoms with Crippen LogP contribution in [-0.2, 0) is 17.9 Å². The van der Waals surface area contributed by atoms with E-state index in [1.807, 2.05) is 97.1 Å². The van der Waals surface area contributed by atoms with E-state index in [4.69, 9.17) is 16.0 Å². The van der Waals surface area contributed by atoms with Gasteiger partial charge in [-0.15, -0.1) is 0 Å². The smallest absolute Gasteiger partial charge is 0.247 e. The van der Waals surface area contributed by atoms with Crippen LogP contribution in [0.1, 0.15) is 16.7 Å². The van der Waals surface area contributed by atoms with Gasteiger partial charge in [0.25, 0.3) is 0 Å². The Morgan fingerprint density at radius 1 is 0.784 bits per heavy atom. The molecule has 182 valence electrons. The first kappa shape index (κ1) is 24.3. The van der Waals surface area contributed by atoms with Crippen molar-refractivity contribution in [1.29, 1.82) is 0 Å². The van der Waals surface area contributed by atoms with Crippen molar-refractivity contribution >= 4 is 34.6 Å². The van der Waals surface area contributed by atoms with Gasteiger partial charge in [0.05, 0.1) is 5.39 Å². The summed E-state index contributed by atoms with van der Waals surface area (Å²) in [4.78, 5) is 27.5. The van der Waals surface area contributed by atoms with E-state index in [0.717, 1.165) is 22.3 Å². The lowest BCUT2D eigenvalue weighted by Gasteiger charge is -2.22. The first-order valence-electron chi connectivity index (χ1n) is 11.9. The Balaban J connectivity index is 1.38. The maximum Gasteiger partial charge on any atom is 0.247 e. The molecule has 1 amide bonds. The summed E-state index contributed by atoms with van der Waals surface area (Å²) in [5, 5.41) is 1.21. The summed E-state index contributed by atoms with van der Waals surface area (Å²) in [5.41, 5.74) is 4.18. The van der Waals surface area contributed by atoms with Gasteiger partial charge in [0.1, 0.15) is 11.3 Å². The topological polar surface area (TPSA) is 50.5 Å². The van der Waals surface area contributed by atoms with Crippen LogP contribution >= 0.6 is 11.6 Å². The van der Waals surface area contributed by atoms with E-state index in [-0.39, 0.29) is 11.3 Å². The predicted octanol–water partition coefficient (Wildman–Crippen LogP) is 7.36. The number of halogens is 1. The van der Waals surface area contributed by atoms with Crippen molar-refractivity contribution in [3.05, 3.63) is 147 Å². The highest BCUT2D eigenvalue weighted by Crippen LogP contribution is 2.23. The molecule has 5 aromatic rings. The molecule has 0 saturated carbocycles. The Kier molecular flexibility index (Phi) is 7.29. The summed E-state index contributed by atoms with van der Waals surface area (Å²) in [6.07, 6.45) is 3.42. The van der Waals surface area contributed by atoms with Crippen molar-refractivity contribution in [3.63, 3.8) is 0 Å². The van der Waals surface area contributed by atoms with E-state index >= 15 is 0 Å². The Labute approximate surface area is 220 Å². The maximum atomic E-state index is 13.2. The molecule has 1 aromatic heterocycles. The maximum absolute atomic E-state index is 13.2. The minimum absolute atomic E-state index is 0.0779. The number of nitrogens with zero attached hydrogens (tertiary/aromatic N) is 1. The Hall–Kier alpha value is -4.41. The molecule has 0 atom stereocenters. The fourth-order valence-electron chi connectivity index (χ4n) is 4.10. The third kappa shape index (κ3) is 6.05. The van der Waals surface area contributed by atoms with Gasteiger partial charge < -0.3 is 9.32 Å². The molecule has 0 aliphatic heterocycles. The highest BCUT2D eigenvalue weighted by Gasteiger charge is 2.13. The number of carbonyl (C=O) groups is 1. The number of hydrogen-bond acceptors (Lipinski definition) is 3.